The van der Waals surface area contributed by atoms with Crippen LogP contribution in [0, 0.1) is 20.8 Å². The van der Waals surface area contributed by atoms with Crippen LogP contribution in [-0.4, -0.2) is 31.4 Å². The summed E-state index contributed by atoms with van der Waals surface area (Å²) in [6.45, 7) is 12.3. The molecule has 0 saturated carbocycles. The minimum atomic E-state index is 0.0349. The Morgan fingerprint density at radius 1 is 1.10 bits per heavy atom. The quantitative estimate of drug-likeness (QED) is 0.513. The maximum absolute atomic E-state index is 5.17. The summed E-state index contributed by atoms with van der Waals surface area (Å²) in [6, 6.07) is 15.4. The number of pyridine rings is 1. The van der Waals surface area contributed by atoms with Gasteiger partial charge in [-0.05, 0) is 62.1 Å². The number of hydrogen-bond acceptors (Lipinski definition) is 4. The average molecular weight is 431 g/mol. The van der Waals surface area contributed by atoms with E-state index in [2.05, 4.69) is 80.5 Å². The van der Waals surface area contributed by atoms with Crippen molar-refractivity contribution in [1.82, 2.24) is 14.5 Å². The van der Waals surface area contributed by atoms with Crippen molar-refractivity contribution in [3.05, 3.63) is 82.4 Å². The number of amidine groups is 1. The summed E-state index contributed by atoms with van der Waals surface area (Å²) in [7, 11) is 0. The molecule has 160 valence electrons. The number of hydrogen-bond donors (Lipinski definition) is 0. The molecule has 5 rings (SSSR count). The molecule has 0 N–H and O–H groups in total. The van der Waals surface area contributed by atoms with Crippen LogP contribution in [0.5, 0.6) is 0 Å². The number of nitrogens with zero attached hydrogens (tertiary/aromatic N) is 4. The van der Waals surface area contributed by atoms with Gasteiger partial charge in [0.25, 0.3) is 0 Å². The Morgan fingerprint density at radius 3 is 2.68 bits per heavy atom. The van der Waals surface area contributed by atoms with E-state index in [1.807, 2.05) is 24.0 Å². The van der Waals surface area contributed by atoms with Crippen molar-refractivity contribution < 1.29 is 0 Å². The molecule has 3 aromatic rings. The van der Waals surface area contributed by atoms with E-state index in [0.717, 1.165) is 18.7 Å². The first-order valence-electron chi connectivity index (χ1n) is 11.2. The fraction of sp³-hybridized carbons (Fsp3) is 0.385. The summed E-state index contributed by atoms with van der Waals surface area (Å²) < 4.78 is 2.46. The van der Waals surface area contributed by atoms with Gasteiger partial charge in [-0.25, -0.2) is 0 Å². The van der Waals surface area contributed by atoms with Crippen LogP contribution >= 0.6 is 11.8 Å². The third-order valence-electron chi connectivity index (χ3n) is 6.60. The van der Waals surface area contributed by atoms with Crippen LogP contribution in [0.15, 0.2) is 53.7 Å². The lowest BCUT2D eigenvalue weighted by atomic mass is 9.96. The molecule has 1 aromatic carbocycles. The molecule has 2 aliphatic heterocycles. The number of fused-ring (bicyclic) bond motifs is 1. The number of aliphatic imine (C=N–C) groups is 1. The normalized spacial score (nSPS) is 22.7. The summed E-state index contributed by atoms with van der Waals surface area (Å²) in [6.07, 6.45) is 2.91. The maximum atomic E-state index is 5.17. The number of thioether (sulfide) groups is 1. The molecule has 1 saturated heterocycles. The van der Waals surface area contributed by atoms with Crippen molar-refractivity contribution in [3.63, 3.8) is 0 Å². The van der Waals surface area contributed by atoms with Gasteiger partial charge in [0.05, 0.1) is 17.4 Å². The van der Waals surface area contributed by atoms with Crippen molar-refractivity contribution in [2.75, 3.05) is 6.54 Å². The van der Waals surface area contributed by atoms with Crippen molar-refractivity contribution >= 4 is 16.9 Å². The zero-order valence-corrected chi connectivity index (χ0v) is 19.8. The van der Waals surface area contributed by atoms with Gasteiger partial charge < -0.3 is 9.47 Å². The van der Waals surface area contributed by atoms with Crippen molar-refractivity contribution in [3.8, 4) is 5.69 Å². The molecule has 4 heterocycles. The van der Waals surface area contributed by atoms with E-state index in [-0.39, 0.29) is 12.1 Å². The van der Waals surface area contributed by atoms with Crippen molar-refractivity contribution in [1.29, 1.82) is 0 Å². The van der Waals surface area contributed by atoms with Gasteiger partial charge in [0.15, 0.2) is 5.17 Å². The summed E-state index contributed by atoms with van der Waals surface area (Å²) in [5.41, 5.74) is 9.07. The zero-order valence-electron chi connectivity index (χ0n) is 19.0. The number of benzene rings is 1. The van der Waals surface area contributed by atoms with Crippen molar-refractivity contribution in [2.45, 2.75) is 58.4 Å². The number of aryl methyl sites for hydroxylation is 3. The van der Waals surface area contributed by atoms with Crippen molar-refractivity contribution in [2.24, 2.45) is 4.99 Å². The fourth-order valence-corrected chi connectivity index (χ4v) is 6.30. The predicted molar refractivity (Wildman–Crippen MR) is 130 cm³/mol. The summed E-state index contributed by atoms with van der Waals surface area (Å²) in [5, 5.41) is 1.74. The van der Waals surface area contributed by atoms with Gasteiger partial charge in [0.1, 0.15) is 6.04 Å². The molecular weight excluding hydrogens is 400 g/mol. The number of rotatable bonds is 4. The highest BCUT2D eigenvalue weighted by Crippen LogP contribution is 2.49. The van der Waals surface area contributed by atoms with Gasteiger partial charge in [0, 0.05) is 29.4 Å². The second-order valence-electron chi connectivity index (χ2n) is 8.73. The molecule has 2 aromatic heterocycles. The van der Waals surface area contributed by atoms with E-state index in [9.17, 15) is 0 Å². The molecule has 5 heteroatoms. The Balaban J connectivity index is 1.66. The Kier molecular flexibility index (Phi) is 5.17. The summed E-state index contributed by atoms with van der Waals surface area (Å²) in [5.74, 6) is 0. The Morgan fingerprint density at radius 2 is 1.94 bits per heavy atom. The largest absolute Gasteiger partial charge is 0.341 e. The highest BCUT2D eigenvalue weighted by molar-refractivity contribution is 8.14. The summed E-state index contributed by atoms with van der Waals surface area (Å²) in [4.78, 5) is 12.4. The predicted octanol–water partition coefficient (Wildman–Crippen LogP) is 5.95. The van der Waals surface area contributed by atoms with Crippen LogP contribution in [0.4, 0.5) is 0 Å². The topological polar surface area (TPSA) is 33.4 Å². The van der Waals surface area contributed by atoms with E-state index >= 15 is 0 Å². The van der Waals surface area contributed by atoms with E-state index < -0.39 is 0 Å². The second kappa shape index (κ2) is 7.86. The average Bonchev–Trinajstić information content (AvgIpc) is 3.38. The molecule has 4 nitrogen and oxygen atoms in total. The fourth-order valence-electron chi connectivity index (χ4n) is 5.21. The minimum absolute atomic E-state index is 0.0349. The molecule has 0 amide bonds. The molecule has 2 aliphatic rings. The first-order chi connectivity index (χ1) is 15.0. The van der Waals surface area contributed by atoms with E-state index in [1.165, 1.54) is 38.9 Å². The highest BCUT2D eigenvalue weighted by atomic mass is 32.2. The number of para-hydroxylation sites is 1. The molecule has 0 aliphatic carbocycles. The maximum Gasteiger partial charge on any atom is 0.160 e. The molecule has 0 spiro atoms. The Labute approximate surface area is 189 Å². The molecule has 0 unspecified atom stereocenters. The smallest absolute Gasteiger partial charge is 0.160 e. The van der Waals surface area contributed by atoms with Crippen LogP contribution in [-0.2, 0) is 6.42 Å². The highest BCUT2D eigenvalue weighted by Gasteiger charge is 2.44. The molecule has 3 atom stereocenters. The van der Waals surface area contributed by atoms with Gasteiger partial charge in [-0.3, -0.25) is 9.98 Å². The SMILES string of the molecule is CCc1cccc(C)c1-n1c(C)cc([C@H]2[C@H](c3ccccn3)N=C3S[C@@H](C)CN32)c1C. The van der Waals surface area contributed by atoms with Gasteiger partial charge >= 0.3 is 0 Å². The zero-order chi connectivity index (χ0) is 21.7. The van der Waals surface area contributed by atoms with Crippen LogP contribution in [0.1, 0.15) is 59.7 Å². The summed E-state index contributed by atoms with van der Waals surface area (Å²) >= 11 is 1.90. The first-order valence-corrected chi connectivity index (χ1v) is 12.1. The Bertz CT molecular complexity index is 1150. The first kappa shape index (κ1) is 20.4. The monoisotopic (exact) mass is 430 g/mol. The molecule has 0 radical (unpaired) electrons. The lowest BCUT2D eigenvalue weighted by Gasteiger charge is -2.27. The molecule has 0 bridgehead atoms. The minimum Gasteiger partial charge on any atom is -0.341 e. The number of aromatic nitrogens is 2. The third kappa shape index (κ3) is 3.30. The van der Waals surface area contributed by atoms with Crippen LogP contribution < -0.4 is 0 Å². The van der Waals surface area contributed by atoms with E-state index in [4.69, 9.17) is 9.98 Å². The van der Waals surface area contributed by atoms with Crippen LogP contribution in [0.3, 0.4) is 0 Å². The van der Waals surface area contributed by atoms with Gasteiger partial charge in [-0.15, -0.1) is 0 Å². The van der Waals surface area contributed by atoms with E-state index in [0.29, 0.717) is 5.25 Å². The third-order valence-corrected chi connectivity index (χ3v) is 7.70. The van der Waals surface area contributed by atoms with E-state index in [1.54, 1.807) is 0 Å². The molecule has 1 fully saturated rings. The molecular formula is C26H30N4S. The standard InChI is InChI=1S/C26H30N4S/c1-6-20-11-9-10-16(2)24(20)30-17(3)14-21(19(30)5)25-23(22-12-7-8-13-27-22)28-26-29(25)15-18(4)31-26/h7-14,18,23,25H,6,15H2,1-5H3/t18-,23-,25-/m0/s1. The lowest BCUT2D eigenvalue weighted by Crippen LogP contribution is -2.29. The molecule has 31 heavy (non-hydrogen) atoms. The van der Waals surface area contributed by atoms with Gasteiger partial charge in [-0.2, -0.15) is 0 Å². The van der Waals surface area contributed by atoms with Crippen LogP contribution in [0.2, 0.25) is 0 Å². The Hall–Kier alpha value is -2.53. The second-order valence-corrected chi connectivity index (χ2v) is 10.1. The van der Waals surface area contributed by atoms with Gasteiger partial charge in [-0.1, -0.05) is 49.9 Å². The lowest BCUT2D eigenvalue weighted by molar-refractivity contribution is 0.320. The van der Waals surface area contributed by atoms with Crippen LogP contribution in [0.25, 0.3) is 5.69 Å². The van der Waals surface area contributed by atoms with Gasteiger partial charge in [0.2, 0.25) is 0 Å².